The average molecular weight is 1120 g/mol. The number of nitrogens with one attached hydrogen (secondary N) is 1. The topological polar surface area (TPSA) is 175 Å². The molecule has 1 aliphatic rings. The lowest BCUT2D eigenvalue weighted by atomic mass is 9.99. The normalized spacial score (nSPS) is 18.5. The number of hydrogen-bond acceptors (Lipinski definition) is 10. The van der Waals surface area contributed by atoms with E-state index in [2.05, 4.69) is 31.3 Å². The van der Waals surface area contributed by atoms with Crippen molar-refractivity contribution in [2.45, 2.75) is 378 Å². The van der Waals surface area contributed by atoms with Gasteiger partial charge in [-0.3, -0.25) is 9.59 Å². The Balaban J connectivity index is 1.94. The van der Waals surface area contributed by atoms with Crippen LogP contribution < -0.4 is 5.32 Å². The van der Waals surface area contributed by atoms with E-state index >= 15 is 0 Å². The van der Waals surface area contributed by atoms with Crippen molar-refractivity contribution in [3.05, 3.63) is 24.3 Å². The minimum atomic E-state index is -1.57. The summed E-state index contributed by atoms with van der Waals surface area (Å²) in [5.41, 5.74) is 0. The number of esters is 1. The number of rotatable bonds is 60. The summed E-state index contributed by atoms with van der Waals surface area (Å²) in [5.74, 6) is -0.176. The molecule has 79 heavy (non-hydrogen) atoms. The van der Waals surface area contributed by atoms with Crippen LogP contribution in [0.1, 0.15) is 335 Å². The number of carbonyl (C=O) groups is 2. The SMILES string of the molecule is CCCCCCCCC/C=C/C(O)C(COC1OC(CO)C(O)C(O)C1O)NC(=O)CCCCCCCCCCCC/C=C\CCCCCCCCCCCCCCOC(=O)CCCCCCCCCCCCCCCCCC. The fraction of sp³-hybridized carbons (Fsp3) is 0.912. The van der Waals surface area contributed by atoms with E-state index in [9.17, 15) is 35.1 Å². The summed E-state index contributed by atoms with van der Waals surface area (Å²) in [6, 6.07) is -0.809. The van der Waals surface area contributed by atoms with E-state index in [1.807, 2.05) is 6.08 Å². The second-order valence-electron chi connectivity index (χ2n) is 23.9. The van der Waals surface area contributed by atoms with Crippen molar-refractivity contribution in [1.82, 2.24) is 5.32 Å². The van der Waals surface area contributed by atoms with Crippen LogP contribution in [0.2, 0.25) is 0 Å². The highest BCUT2D eigenvalue weighted by Gasteiger charge is 2.44. The molecule has 7 unspecified atom stereocenters. The molecule has 1 amide bonds. The van der Waals surface area contributed by atoms with Crippen molar-refractivity contribution in [3.63, 3.8) is 0 Å². The van der Waals surface area contributed by atoms with Gasteiger partial charge >= 0.3 is 5.97 Å². The van der Waals surface area contributed by atoms with Crippen LogP contribution in [0, 0.1) is 0 Å². The molecule has 0 aliphatic carbocycles. The molecule has 0 aromatic carbocycles. The van der Waals surface area contributed by atoms with Crippen molar-refractivity contribution in [3.8, 4) is 0 Å². The van der Waals surface area contributed by atoms with Crippen LogP contribution in [0.5, 0.6) is 0 Å². The van der Waals surface area contributed by atoms with Gasteiger partial charge in [-0.2, -0.15) is 0 Å². The number of carbonyl (C=O) groups excluding carboxylic acids is 2. The Labute approximate surface area is 486 Å². The third kappa shape index (κ3) is 47.2. The second-order valence-corrected chi connectivity index (χ2v) is 23.9. The highest BCUT2D eigenvalue weighted by atomic mass is 16.7. The molecular weight excluding hydrogens is 991 g/mol. The Morgan fingerprint density at radius 3 is 1.22 bits per heavy atom. The van der Waals surface area contributed by atoms with E-state index in [1.165, 1.54) is 250 Å². The maximum atomic E-state index is 13.0. The minimum absolute atomic E-state index is 0.00814. The average Bonchev–Trinajstić information content (AvgIpc) is 3.45. The van der Waals surface area contributed by atoms with Crippen molar-refractivity contribution >= 4 is 11.9 Å². The summed E-state index contributed by atoms with van der Waals surface area (Å²) in [7, 11) is 0. The summed E-state index contributed by atoms with van der Waals surface area (Å²) in [5, 5.41) is 54.3. The molecular formula is C68H129NO10. The lowest BCUT2D eigenvalue weighted by molar-refractivity contribution is -0.302. The number of aliphatic hydroxyl groups excluding tert-OH is 5. The Bertz CT molecular complexity index is 1360. The second kappa shape index (κ2) is 57.9. The number of unbranched alkanes of at least 4 members (excludes halogenated alkanes) is 44. The van der Waals surface area contributed by atoms with Gasteiger partial charge in [0.25, 0.3) is 0 Å². The number of ether oxygens (including phenoxy) is 3. The van der Waals surface area contributed by atoms with E-state index in [1.54, 1.807) is 6.08 Å². The molecule has 1 saturated heterocycles. The largest absolute Gasteiger partial charge is 0.466 e. The van der Waals surface area contributed by atoms with E-state index < -0.39 is 49.5 Å². The summed E-state index contributed by atoms with van der Waals surface area (Å²) in [4.78, 5) is 25.1. The molecule has 0 aromatic heterocycles. The smallest absolute Gasteiger partial charge is 0.305 e. The number of hydrogen-bond donors (Lipinski definition) is 6. The maximum Gasteiger partial charge on any atom is 0.305 e. The van der Waals surface area contributed by atoms with Gasteiger partial charge in [-0.05, 0) is 57.8 Å². The molecule has 1 heterocycles. The van der Waals surface area contributed by atoms with Crippen molar-refractivity contribution < 1.29 is 49.3 Å². The van der Waals surface area contributed by atoms with Crippen LogP contribution in [0.3, 0.4) is 0 Å². The van der Waals surface area contributed by atoms with Gasteiger partial charge in [-0.25, -0.2) is 0 Å². The first-order valence-electron chi connectivity index (χ1n) is 34.1. The molecule has 0 aromatic rings. The maximum absolute atomic E-state index is 13.0. The Morgan fingerprint density at radius 1 is 0.456 bits per heavy atom. The highest BCUT2D eigenvalue weighted by Crippen LogP contribution is 2.23. The summed E-state index contributed by atoms with van der Waals surface area (Å²) >= 11 is 0. The number of aliphatic hydroxyl groups is 5. The number of allylic oxidation sites excluding steroid dienone is 3. The Kier molecular flexibility index (Phi) is 55.1. The molecule has 0 spiro atoms. The summed E-state index contributed by atoms with van der Waals surface area (Å²) in [6.45, 7) is 4.34. The predicted octanol–water partition coefficient (Wildman–Crippen LogP) is 16.8. The van der Waals surface area contributed by atoms with Crippen LogP contribution >= 0.6 is 0 Å². The minimum Gasteiger partial charge on any atom is -0.466 e. The molecule has 0 radical (unpaired) electrons. The zero-order valence-electron chi connectivity index (χ0n) is 51.6. The summed E-state index contributed by atoms with van der Waals surface area (Å²) in [6.07, 6.45) is 61.7. The van der Waals surface area contributed by atoms with Crippen molar-refractivity contribution in [2.24, 2.45) is 0 Å². The van der Waals surface area contributed by atoms with E-state index in [4.69, 9.17) is 14.2 Å². The van der Waals surface area contributed by atoms with Gasteiger partial charge < -0.3 is 45.1 Å². The van der Waals surface area contributed by atoms with Crippen LogP contribution in [0.15, 0.2) is 24.3 Å². The van der Waals surface area contributed by atoms with Gasteiger partial charge in [0.05, 0.1) is 32.0 Å². The first-order chi connectivity index (χ1) is 38.7. The molecule has 0 bridgehead atoms. The predicted molar refractivity (Wildman–Crippen MR) is 329 cm³/mol. The molecule has 11 nitrogen and oxygen atoms in total. The van der Waals surface area contributed by atoms with Crippen LogP contribution in [0.4, 0.5) is 0 Å². The van der Waals surface area contributed by atoms with E-state index in [0.717, 1.165) is 57.8 Å². The molecule has 11 heteroatoms. The van der Waals surface area contributed by atoms with Crippen LogP contribution in [-0.2, 0) is 23.8 Å². The van der Waals surface area contributed by atoms with Gasteiger partial charge in [0.1, 0.15) is 24.4 Å². The quantitative estimate of drug-likeness (QED) is 0.0195. The zero-order chi connectivity index (χ0) is 57.3. The number of amides is 1. The molecule has 0 saturated carbocycles. The monoisotopic (exact) mass is 1120 g/mol. The lowest BCUT2D eigenvalue weighted by Crippen LogP contribution is -2.60. The molecule has 1 rings (SSSR count). The first-order valence-corrected chi connectivity index (χ1v) is 34.1. The first kappa shape index (κ1) is 75.2. The zero-order valence-corrected chi connectivity index (χ0v) is 51.6. The molecule has 1 fully saturated rings. The fourth-order valence-electron chi connectivity index (χ4n) is 10.9. The van der Waals surface area contributed by atoms with Gasteiger partial charge in [0.2, 0.25) is 5.91 Å². The highest BCUT2D eigenvalue weighted by molar-refractivity contribution is 5.76. The standard InChI is InChI=1S/C68H129NO10/c1-3-5-7-9-11-13-14-15-16-30-33-36-40-44-48-52-56-64(73)77-57-53-49-45-41-37-34-31-28-26-24-22-20-18-17-19-21-23-25-27-29-32-35-39-43-47-51-55-63(72)69-60(61(71)54-50-46-42-38-12-10-8-6-4-2)59-78-68-67(76)66(75)65(74)62(58-70)79-68/h17,19,50,54,60-62,65-68,70-71,74-76H,3-16,18,20-49,51-53,55-59H2,1-2H3,(H,69,72)/b19-17-,54-50+. The van der Waals surface area contributed by atoms with Crippen molar-refractivity contribution in [2.75, 3.05) is 19.8 Å². The summed E-state index contributed by atoms with van der Waals surface area (Å²) < 4.78 is 16.7. The third-order valence-electron chi connectivity index (χ3n) is 16.3. The van der Waals surface area contributed by atoms with E-state index in [-0.39, 0.29) is 18.5 Å². The lowest BCUT2D eigenvalue weighted by Gasteiger charge is -2.40. The van der Waals surface area contributed by atoms with Gasteiger partial charge in [0.15, 0.2) is 6.29 Å². The molecule has 466 valence electrons. The van der Waals surface area contributed by atoms with Crippen LogP contribution in [0.25, 0.3) is 0 Å². The molecule has 6 N–H and O–H groups in total. The third-order valence-corrected chi connectivity index (χ3v) is 16.3. The van der Waals surface area contributed by atoms with Gasteiger partial charge in [0, 0.05) is 12.8 Å². The fourth-order valence-corrected chi connectivity index (χ4v) is 10.9. The van der Waals surface area contributed by atoms with Gasteiger partial charge in [-0.1, -0.05) is 289 Å². The Morgan fingerprint density at radius 2 is 0.810 bits per heavy atom. The van der Waals surface area contributed by atoms with Gasteiger partial charge in [-0.15, -0.1) is 0 Å². The Hall–Kier alpha value is -1.86. The van der Waals surface area contributed by atoms with Crippen molar-refractivity contribution in [1.29, 1.82) is 0 Å². The molecule has 7 atom stereocenters. The van der Waals surface area contributed by atoms with E-state index in [0.29, 0.717) is 19.4 Å². The van der Waals surface area contributed by atoms with Crippen LogP contribution in [-0.4, -0.2) is 100 Å². The molecule has 1 aliphatic heterocycles.